The third kappa shape index (κ3) is 2.74. The summed E-state index contributed by atoms with van der Waals surface area (Å²) in [5, 5.41) is 12.2. The lowest BCUT2D eigenvalue weighted by atomic mass is 9.85. The molecule has 0 aliphatic carbocycles. The van der Waals surface area contributed by atoms with Crippen LogP contribution in [0.5, 0.6) is 0 Å². The maximum Gasteiger partial charge on any atom is 0.172 e. The number of aryl methyl sites for hydroxylation is 1. The van der Waals surface area contributed by atoms with Crippen molar-refractivity contribution in [1.82, 2.24) is 0 Å². The molecule has 20 heavy (non-hydrogen) atoms. The molecule has 1 aliphatic rings. The zero-order valence-corrected chi connectivity index (χ0v) is 12.8. The molecule has 0 saturated carbocycles. The second-order valence-electron chi connectivity index (χ2n) is 6.22. The van der Waals surface area contributed by atoms with Crippen molar-refractivity contribution in [3.8, 4) is 0 Å². The number of piperidine rings is 1. The van der Waals surface area contributed by atoms with Crippen molar-refractivity contribution < 1.29 is 5.21 Å². The van der Waals surface area contributed by atoms with Gasteiger partial charge in [0.2, 0.25) is 0 Å². The Labute approximate surface area is 121 Å². The third-order valence-electron chi connectivity index (χ3n) is 4.44. The van der Waals surface area contributed by atoms with Gasteiger partial charge in [0.05, 0.1) is 0 Å². The highest BCUT2D eigenvalue weighted by atomic mass is 16.4. The molecule has 1 aromatic carbocycles. The average molecular weight is 275 g/mol. The van der Waals surface area contributed by atoms with E-state index in [1.807, 2.05) is 12.1 Å². The number of benzene rings is 1. The van der Waals surface area contributed by atoms with Crippen LogP contribution in [0.3, 0.4) is 0 Å². The Kier molecular flexibility index (Phi) is 4.21. The topological polar surface area (TPSA) is 61.9 Å². The molecule has 4 nitrogen and oxygen atoms in total. The molecule has 0 radical (unpaired) electrons. The third-order valence-corrected chi connectivity index (χ3v) is 4.44. The van der Waals surface area contributed by atoms with Gasteiger partial charge in [0.25, 0.3) is 0 Å². The first-order valence-electron chi connectivity index (χ1n) is 7.29. The van der Waals surface area contributed by atoms with Gasteiger partial charge in [-0.2, -0.15) is 0 Å². The molecule has 3 N–H and O–H groups in total. The summed E-state index contributed by atoms with van der Waals surface area (Å²) in [6.07, 6.45) is 1.25. The first-order valence-corrected chi connectivity index (χ1v) is 7.29. The highest BCUT2D eigenvalue weighted by molar-refractivity contribution is 6.02. The summed E-state index contributed by atoms with van der Waals surface area (Å²) in [6, 6.07) is 6.53. The molecule has 2 rings (SSSR count). The quantitative estimate of drug-likeness (QED) is 0.377. The summed E-state index contributed by atoms with van der Waals surface area (Å²) < 4.78 is 0. The largest absolute Gasteiger partial charge is 0.409 e. The van der Waals surface area contributed by atoms with E-state index in [4.69, 9.17) is 10.9 Å². The van der Waals surface area contributed by atoms with Gasteiger partial charge < -0.3 is 15.8 Å². The van der Waals surface area contributed by atoms with Crippen molar-refractivity contribution in [2.75, 3.05) is 11.4 Å². The van der Waals surface area contributed by atoms with Crippen LogP contribution in [0.1, 0.15) is 38.3 Å². The molecule has 1 saturated heterocycles. The molecule has 4 heteroatoms. The fraction of sp³-hybridized carbons (Fsp3) is 0.562. The second-order valence-corrected chi connectivity index (χ2v) is 6.22. The van der Waals surface area contributed by atoms with Gasteiger partial charge in [-0.3, -0.25) is 0 Å². The van der Waals surface area contributed by atoms with Crippen molar-refractivity contribution in [3.63, 3.8) is 0 Å². The minimum atomic E-state index is 0.179. The molecule has 1 fully saturated rings. The predicted octanol–water partition coefficient (Wildman–Crippen LogP) is 2.96. The van der Waals surface area contributed by atoms with E-state index in [0.717, 1.165) is 17.8 Å². The van der Waals surface area contributed by atoms with E-state index < -0.39 is 0 Å². The van der Waals surface area contributed by atoms with E-state index >= 15 is 0 Å². The van der Waals surface area contributed by atoms with Crippen LogP contribution in [0, 0.1) is 18.8 Å². The Morgan fingerprint density at radius 1 is 1.35 bits per heavy atom. The van der Waals surface area contributed by atoms with Crippen molar-refractivity contribution in [1.29, 1.82) is 0 Å². The maximum absolute atomic E-state index is 8.99. The molecule has 0 spiro atoms. The molecular formula is C16H25N3O. The number of hydrogen-bond donors (Lipinski definition) is 2. The summed E-state index contributed by atoms with van der Waals surface area (Å²) in [5.41, 5.74) is 8.91. The monoisotopic (exact) mass is 275 g/mol. The highest BCUT2D eigenvalue weighted by Gasteiger charge is 2.30. The molecule has 1 aromatic rings. The lowest BCUT2D eigenvalue weighted by molar-refractivity contribution is 0.297. The SMILES string of the molecule is Cc1ccc(/C(N)=N/O)c(N2CC(C)CC(C)C2C)c1. The average Bonchev–Trinajstić information content (AvgIpc) is 2.42. The van der Waals surface area contributed by atoms with Crippen LogP contribution in [0.2, 0.25) is 0 Å². The van der Waals surface area contributed by atoms with Gasteiger partial charge >= 0.3 is 0 Å². The molecule has 0 bridgehead atoms. The Hall–Kier alpha value is -1.71. The second kappa shape index (κ2) is 5.73. The summed E-state index contributed by atoms with van der Waals surface area (Å²) >= 11 is 0. The number of amidine groups is 1. The van der Waals surface area contributed by atoms with Gasteiger partial charge in [0.15, 0.2) is 5.84 Å². The smallest absolute Gasteiger partial charge is 0.172 e. The zero-order chi connectivity index (χ0) is 14.9. The Balaban J connectivity index is 2.47. The molecule has 110 valence electrons. The van der Waals surface area contributed by atoms with Crippen LogP contribution in [-0.2, 0) is 0 Å². The molecule has 1 heterocycles. The predicted molar refractivity (Wildman–Crippen MR) is 83.4 cm³/mol. The van der Waals surface area contributed by atoms with Crippen molar-refractivity contribution in [2.24, 2.45) is 22.7 Å². The van der Waals surface area contributed by atoms with Crippen LogP contribution in [-0.4, -0.2) is 23.6 Å². The Morgan fingerprint density at radius 2 is 2.05 bits per heavy atom. The van der Waals surface area contributed by atoms with Crippen molar-refractivity contribution >= 4 is 11.5 Å². The van der Waals surface area contributed by atoms with E-state index in [9.17, 15) is 0 Å². The molecule has 1 aliphatic heterocycles. The number of hydrogen-bond acceptors (Lipinski definition) is 3. The summed E-state index contributed by atoms with van der Waals surface area (Å²) in [5.74, 6) is 1.47. The van der Waals surface area contributed by atoms with Gasteiger partial charge in [-0.25, -0.2) is 0 Å². The number of nitrogens with zero attached hydrogens (tertiary/aromatic N) is 2. The number of oxime groups is 1. The minimum Gasteiger partial charge on any atom is -0.409 e. The van der Waals surface area contributed by atoms with Crippen LogP contribution in [0.25, 0.3) is 0 Å². The lowest BCUT2D eigenvalue weighted by Gasteiger charge is -2.43. The minimum absolute atomic E-state index is 0.179. The van der Waals surface area contributed by atoms with Gasteiger partial charge in [-0.15, -0.1) is 0 Å². The molecule has 0 aromatic heterocycles. The number of nitrogens with two attached hydrogens (primary N) is 1. The van der Waals surface area contributed by atoms with Crippen LogP contribution in [0.4, 0.5) is 5.69 Å². The van der Waals surface area contributed by atoms with E-state index in [2.05, 4.69) is 43.8 Å². The molecule has 3 unspecified atom stereocenters. The van der Waals surface area contributed by atoms with Crippen LogP contribution in [0.15, 0.2) is 23.4 Å². The standard InChI is InChI=1S/C16H25N3O/c1-10-5-6-14(16(17)18-20)15(8-10)19-9-11(2)7-12(3)13(19)4/h5-6,8,11-13,20H,7,9H2,1-4H3,(H2,17,18). The van der Waals surface area contributed by atoms with Crippen LogP contribution < -0.4 is 10.6 Å². The van der Waals surface area contributed by atoms with Gasteiger partial charge in [0, 0.05) is 23.8 Å². The molecule has 0 amide bonds. The van der Waals surface area contributed by atoms with Gasteiger partial charge in [-0.05, 0) is 49.8 Å². The number of rotatable bonds is 2. The van der Waals surface area contributed by atoms with Crippen LogP contribution >= 0.6 is 0 Å². The first kappa shape index (κ1) is 14.7. The van der Waals surface area contributed by atoms with E-state index in [1.165, 1.54) is 12.0 Å². The number of anilines is 1. The molecule has 3 atom stereocenters. The van der Waals surface area contributed by atoms with Gasteiger partial charge in [0.1, 0.15) is 0 Å². The molecular weight excluding hydrogens is 250 g/mol. The zero-order valence-electron chi connectivity index (χ0n) is 12.8. The van der Waals surface area contributed by atoms with E-state index in [0.29, 0.717) is 17.9 Å². The maximum atomic E-state index is 8.99. The Bertz CT molecular complexity index is 512. The summed E-state index contributed by atoms with van der Waals surface area (Å²) in [7, 11) is 0. The lowest BCUT2D eigenvalue weighted by Crippen LogP contribution is -2.46. The van der Waals surface area contributed by atoms with E-state index in [1.54, 1.807) is 0 Å². The van der Waals surface area contributed by atoms with Crippen molar-refractivity contribution in [2.45, 2.75) is 40.2 Å². The summed E-state index contributed by atoms with van der Waals surface area (Å²) in [6.45, 7) is 9.93. The van der Waals surface area contributed by atoms with Crippen molar-refractivity contribution in [3.05, 3.63) is 29.3 Å². The Morgan fingerprint density at radius 3 is 2.70 bits per heavy atom. The normalized spacial score (nSPS) is 27.7. The highest BCUT2D eigenvalue weighted by Crippen LogP contribution is 2.33. The fourth-order valence-electron chi connectivity index (χ4n) is 3.18. The summed E-state index contributed by atoms with van der Waals surface area (Å²) in [4.78, 5) is 2.40. The first-order chi connectivity index (χ1) is 9.43. The fourth-order valence-corrected chi connectivity index (χ4v) is 3.18. The van der Waals surface area contributed by atoms with Gasteiger partial charge in [-0.1, -0.05) is 25.1 Å². The van der Waals surface area contributed by atoms with E-state index in [-0.39, 0.29) is 5.84 Å².